The predicted molar refractivity (Wildman–Crippen MR) is 153 cm³/mol. The largest absolute Gasteiger partial charge is 0.497 e. The zero-order valence-electron chi connectivity index (χ0n) is 23.0. The molecule has 3 heterocycles. The zero-order chi connectivity index (χ0) is 27.0. The molecule has 7 nitrogen and oxygen atoms in total. The molecule has 1 N–H and O–H groups in total. The van der Waals surface area contributed by atoms with E-state index in [1.54, 1.807) is 14.2 Å². The summed E-state index contributed by atoms with van der Waals surface area (Å²) in [6.07, 6.45) is 4.54. The predicted octanol–water partition coefficient (Wildman–Crippen LogP) is 5.73. The SMILES string of the molecule is COc1ccc(OC)c(Cc2ccc3c(c2)c2c4c(c5c(c2n3C(C)C)CCc2nn(C)cc2-5)C(=O)NC4)c1. The molecule has 0 atom stereocenters. The van der Waals surface area contributed by atoms with Crippen LogP contribution >= 0.6 is 0 Å². The summed E-state index contributed by atoms with van der Waals surface area (Å²) < 4.78 is 15.5. The van der Waals surface area contributed by atoms with Crippen molar-refractivity contribution in [3.8, 4) is 22.6 Å². The maximum absolute atomic E-state index is 13.3. The van der Waals surface area contributed by atoms with Crippen LogP contribution < -0.4 is 14.8 Å². The lowest BCUT2D eigenvalue weighted by molar-refractivity contribution is 0.0966. The first-order valence-electron chi connectivity index (χ1n) is 13.6. The number of amides is 1. The number of carbonyl (C=O) groups is 1. The summed E-state index contributed by atoms with van der Waals surface area (Å²) in [5.74, 6) is 1.67. The van der Waals surface area contributed by atoms with Crippen molar-refractivity contribution >= 4 is 27.7 Å². The highest BCUT2D eigenvalue weighted by Gasteiger charge is 2.35. The lowest BCUT2D eigenvalue weighted by atomic mass is 9.82. The van der Waals surface area contributed by atoms with Crippen LogP contribution in [0.25, 0.3) is 32.9 Å². The van der Waals surface area contributed by atoms with E-state index < -0.39 is 0 Å². The minimum Gasteiger partial charge on any atom is -0.497 e. The van der Waals surface area contributed by atoms with Crippen LogP contribution in [0, 0.1) is 0 Å². The molecule has 1 aliphatic carbocycles. The van der Waals surface area contributed by atoms with Gasteiger partial charge in [0.05, 0.1) is 31.0 Å². The standard InChI is InChI=1S/C32H32N4O3/c1-17(2)36-26-10-6-18(12-19-14-20(38-4)7-11-27(19)39-5)13-22(26)29-23-15-33-32(37)30(23)28-21(31(29)36)8-9-25-24(28)16-35(3)34-25/h6-7,10-11,13-14,16-17H,8-9,12,15H2,1-5H3,(H,33,37). The van der Waals surface area contributed by atoms with Crippen molar-refractivity contribution < 1.29 is 14.3 Å². The Kier molecular flexibility index (Phi) is 5.27. The molecule has 0 saturated carbocycles. The number of ether oxygens (including phenoxy) is 2. The van der Waals surface area contributed by atoms with Crippen LogP contribution in [0.2, 0.25) is 0 Å². The average Bonchev–Trinajstić information content (AvgIpc) is 3.60. The number of methoxy groups -OCH3 is 2. The first-order valence-corrected chi connectivity index (χ1v) is 13.6. The monoisotopic (exact) mass is 520 g/mol. The molecule has 3 aromatic carbocycles. The third kappa shape index (κ3) is 3.42. The van der Waals surface area contributed by atoms with E-state index >= 15 is 0 Å². The number of nitrogens with zero attached hydrogens (tertiary/aromatic N) is 3. The summed E-state index contributed by atoms with van der Waals surface area (Å²) in [4.78, 5) is 13.3. The van der Waals surface area contributed by atoms with Crippen molar-refractivity contribution in [2.24, 2.45) is 7.05 Å². The Labute approximate surface area is 227 Å². The number of hydrogen-bond acceptors (Lipinski definition) is 4. The van der Waals surface area contributed by atoms with Gasteiger partial charge in [0.1, 0.15) is 11.5 Å². The molecule has 7 heteroatoms. The Morgan fingerprint density at radius 2 is 1.87 bits per heavy atom. The summed E-state index contributed by atoms with van der Waals surface area (Å²) in [5, 5.41) is 10.3. The lowest BCUT2D eigenvalue weighted by Gasteiger charge is -2.22. The van der Waals surface area contributed by atoms with Gasteiger partial charge in [0, 0.05) is 65.2 Å². The molecule has 7 rings (SSSR count). The van der Waals surface area contributed by atoms with E-state index in [-0.39, 0.29) is 11.9 Å². The molecule has 198 valence electrons. The van der Waals surface area contributed by atoms with Crippen LogP contribution in [-0.2, 0) is 32.9 Å². The summed E-state index contributed by atoms with van der Waals surface area (Å²) in [5.41, 5.74) is 11.2. The van der Waals surface area contributed by atoms with Crippen molar-refractivity contribution in [1.82, 2.24) is 19.7 Å². The molecule has 0 unspecified atom stereocenters. The summed E-state index contributed by atoms with van der Waals surface area (Å²) in [6.45, 7) is 5.03. The number of benzene rings is 3. The third-order valence-electron chi connectivity index (χ3n) is 8.35. The number of hydrogen-bond donors (Lipinski definition) is 1. The van der Waals surface area contributed by atoms with E-state index in [0.717, 1.165) is 57.9 Å². The highest BCUT2D eigenvalue weighted by atomic mass is 16.5. The van der Waals surface area contributed by atoms with Gasteiger partial charge < -0.3 is 19.4 Å². The van der Waals surface area contributed by atoms with Gasteiger partial charge >= 0.3 is 0 Å². The molecule has 0 saturated heterocycles. The Balaban J connectivity index is 1.52. The molecule has 39 heavy (non-hydrogen) atoms. The van der Waals surface area contributed by atoms with Crippen LogP contribution in [0.3, 0.4) is 0 Å². The first-order chi connectivity index (χ1) is 18.9. The van der Waals surface area contributed by atoms with Crippen molar-refractivity contribution in [2.45, 2.75) is 45.7 Å². The van der Waals surface area contributed by atoms with Gasteiger partial charge in [-0.1, -0.05) is 6.07 Å². The maximum atomic E-state index is 13.3. The highest BCUT2D eigenvalue weighted by Crippen LogP contribution is 2.47. The molecule has 1 aliphatic heterocycles. The minimum atomic E-state index is 0.0163. The highest BCUT2D eigenvalue weighted by molar-refractivity contribution is 6.19. The van der Waals surface area contributed by atoms with E-state index in [1.807, 2.05) is 29.9 Å². The Hall–Kier alpha value is -4.26. The number of nitrogens with one attached hydrogen (secondary N) is 1. The van der Waals surface area contributed by atoms with Crippen LogP contribution in [0.15, 0.2) is 42.6 Å². The molecule has 2 aliphatic rings. The average molecular weight is 521 g/mol. The van der Waals surface area contributed by atoms with Crippen LogP contribution in [0.1, 0.15) is 58.2 Å². The van der Waals surface area contributed by atoms with E-state index in [9.17, 15) is 4.79 Å². The van der Waals surface area contributed by atoms with Crippen LogP contribution in [0.5, 0.6) is 11.5 Å². The number of fused-ring (bicyclic) bond motifs is 10. The maximum Gasteiger partial charge on any atom is 0.252 e. The second kappa shape index (κ2) is 8.63. The summed E-state index contributed by atoms with van der Waals surface area (Å²) in [7, 11) is 5.35. The van der Waals surface area contributed by atoms with E-state index in [0.29, 0.717) is 13.0 Å². The zero-order valence-corrected chi connectivity index (χ0v) is 23.0. The van der Waals surface area contributed by atoms with E-state index in [4.69, 9.17) is 14.6 Å². The molecule has 0 fully saturated rings. The van der Waals surface area contributed by atoms with Gasteiger partial charge in [-0.15, -0.1) is 0 Å². The Morgan fingerprint density at radius 3 is 2.64 bits per heavy atom. The van der Waals surface area contributed by atoms with E-state index in [2.05, 4.69) is 48.1 Å². The fourth-order valence-corrected chi connectivity index (χ4v) is 6.79. The van der Waals surface area contributed by atoms with Crippen molar-refractivity contribution in [3.63, 3.8) is 0 Å². The van der Waals surface area contributed by atoms with Crippen LogP contribution in [-0.4, -0.2) is 34.5 Å². The van der Waals surface area contributed by atoms with Gasteiger partial charge in [-0.25, -0.2) is 0 Å². The number of carbonyl (C=O) groups excluding carboxylic acids is 1. The fourth-order valence-electron chi connectivity index (χ4n) is 6.79. The molecule has 2 aromatic heterocycles. The molecule has 1 amide bonds. The number of aryl methyl sites for hydroxylation is 3. The normalized spacial score (nSPS) is 14.1. The van der Waals surface area contributed by atoms with Gasteiger partial charge in [-0.3, -0.25) is 9.48 Å². The molecule has 0 bridgehead atoms. The van der Waals surface area contributed by atoms with E-state index in [1.165, 1.54) is 32.9 Å². The van der Waals surface area contributed by atoms with Gasteiger partial charge in [-0.2, -0.15) is 5.10 Å². The topological polar surface area (TPSA) is 70.3 Å². The minimum absolute atomic E-state index is 0.0163. The molecular formula is C32H32N4O3. The van der Waals surface area contributed by atoms with Gasteiger partial charge in [0.2, 0.25) is 0 Å². The second-order valence-electron chi connectivity index (χ2n) is 10.9. The number of aromatic nitrogens is 3. The smallest absolute Gasteiger partial charge is 0.252 e. The second-order valence-corrected chi connectivity index (χ2v) is 10.9. The molecule has 0 spiro atoms. The quantitative estimate of drug-likeness (QED) is 0.322. The number of rotatable bonds is 5. The van der Waals surface area contributed by atoms with Crippen molar-refractivity contribution in [2.75, 3.05) is 14.2 Å². The fraction of sp³-hybridized carbons (Fsp3) is 0.312. The van der Waals surface area contributed by atoms with Crippen LogP contribution in [0.4, 0.5) is 0 Å². The Morgan fingerprint density at radius 1 is 1.03 bits per heavy atom. The first kappa shape index (κ1) is 23.8. The molecule has 0 radical (unpaired) electrons. The van der Waals surface area contributed by atoms with Crippen molar-refractivity contribution in [1.29, 1.82) is 0 Å². The Bertz CT molecular complexity index is 1830. The van der Waals surface area contributed by atoms with Gasteiger partial charge in [0.25, 0.3) is 5.91 Å². The summed E-state index contributed by atoms with van der Waals surface area (Å²) >= 11 is 0. The molecular weight excluding hydrogens is 488 g/mol. The lowest BCUT2D eigenvalue weighted by Crippen LogP contribution is -2.15. The third-order valence-corrected chi connectivity index (χ3v) is 8.35. The van der Waals surface area contributed by atoms with Crippen molar-refractivity contribution in [3.05, 3.63) is 76.1 Å². The van der Waals surface area contributed by atoms with Gasteiger partial charge in [0.15, 0.2) is 0 Å². The summed E-state index contributed by atoms with van der Waals surface area (Å²) in [6, 6.07) is 13.0. The molecule has 5 aromatic rings. The van der Waals surface area contributed by atoms with Gasteiger partial charge in [-0.05, 0) is 73.7 Å².